The molecule has 0 atom stereocenters. The Bertz CT molecular complexity index is 1360. The number of carbonyl (C=O) groups excluding carboxylic acids is 1. The maximum absolute atomic E-state index is 13.6. The van der Waals surface area contributed by atoms with Crippen molar-refractivity contribution in [2.24, 2.45) is 0 Å². The topological polar surface area (TPSA) is 63.2 Å². The van der Waals surface area contributed by atoms with E-state index in [1.54, 1.807) is 19.3 Å². The van der Waals surface area contributed by atoms with Gasteiger partial charge in [-0.15, -0.1) is 0 Å². The summed E-state index contributed by atoms with van der Waals surface area (Å²) in [6.07, 6.45) is 3.22. The molecule has 4 aromatic carbocycles. The van der Waals surface area contributed by atoms with E-state index in [1.165, 1.54) is 20.3 Å². The van der Waals surface area contributed by atoms with E-state index in [0.717, 1.165) is 22.4 Å². The van der Waals surface area contributed by atoms with Crippen LogP contribution in [0, 0.1) is 0 Å². The van der Waals surface area contributed by atoms with Crippen LogP contribution >= 0.6 is 0 Å². The molecule has 0 aromatic heterocycles. The molecule has 0 spiro atoms. The minimum absolute atomic E-state index is 0.243. The second-order valence-corrected chi connectivity index (χ2v) is 8.33. The summed E-state index contributed by atoms with van der Waals surface area (Å²) in [6.45, 7) is 0.535. The Morgan fingerprint density at radius 1 is 0.658 bits per heavy atom. The number of allylic oxidation sites excluding steroid dienone is 1. The summed E-state index contributed by atoms with van der Waals surface area (Å²) in [7, 11) is 4.64. The van der Waals surface area contributed by atoms with E-state index in [9.17, 15) is 4.79 Å². The van der Waals surface area contributed by atoms with Crippen LogP contribution in [-0.4, -0.2) is 27.1 Å². The second kappa shape index (κ2) is 13.0. The lowest BCUT2D eigenvalue weighted by Crippen LogP contribution is -2.09. The maximum atomic E-state index is 13.6. The molecule has 0 radical (unpaired) electrons. The van der Waals surface area contributed by atoms with E-state index >= 15 is 0 Å². The van der Waals surface area contributed by atoms with Crippen molar-refractivity contribution in [3.63, 3.8) is 0 Å². The minimum Gasteiger partial charge on any atom is -0.497 e. The SMILES string of the molecule is COc1ccc(/C=C/C(=O)c2c(OCc3ccccc3)cc(OC)c(OCc3ccccc3)c2OC)cc1. The van der Waals surface area contributed by atoms with E-state index in [0.29, 0.717) is 17.2 Å². The fourth-order valence-electron chi connectivity index (χ4n) is 3.86. The van der Waals surface area contributed by atoms with Gasteiger partial charge in [-0.1, -0.05) is 78.9 Å². The van der Waals surface area contributed by atoms with E-state index in [1.807, 2.05) is 84.9 Å². The van der Waals surface area contributed by atoms with Gasteiger partial charge in [-0.25, -0.2) is 0 Å². The molecule has 38 heavy (non-hydrogen) atoms. The summed E-state index contributed by atoms with van der Waals surface area (Å²) in [5.41, 5.74) is 3.02. The largest absolute Gasteiger partial charge is 0.497 e. The number of rotatable bonds is 12. The zero-order valence-corrected chi connectivity index (χ0v) is 21.7. The van der Waals surface area contributed by atoms with Gasteiger partial charge in [0.25, 0.3) is 0 Å². The van der Waals surface area contributed by atoms with Gasteiger partial charge < -0.3 is 23.7 Å². The number of ketones is 1. The lowest BCUT2D eigenvalue weighted by Gasteiger charge is -2.20. The number of carbonyl (C=O) groups is 1. The van der Waals surface area contributed by atoms with Gasteiger partial charge in [-0.05, 0) is 34.9 Å². The first-order valence-corrected chi connectivity index (χ1v) is 12.1. The van der Waals surface area contributed by atoms with Crippen LogP contribution in [0.2, 0.25) is 0 Å². The molecule has 194 valence electrons. The molecule has 0 aliphatic heterocycles. The fourth-order valence-corrected chi connectivity index (χ4v) is 3.86. The lowest BCUT2D eigenvalue weighted by atomic mass is 10.0. The second-order valence-electron chi connectivity index (χ2n) is 8.33. The maximum Gasteiger partial charge on any atom is 0.204 e. The highest BCUT2D eigenvalue weighted by Crippen LogP contribution is 2.46. The van der Waals surface area contributed by atoms with Crippen molar-refractivity contribution in [3.8, 4) is 28.7 Å². The first-order chi connectivity index (χ1) is 18.6. The molecule has 0 aliphatic rings. The molecule has 0 saturated heterocycles. The predicted octanol–water partition coefficient (Wildman–Crippen LogP) is 6.77. The van der Waals surface area contributed by atoms with Crippen molar-refractivity contribution >= 4 is 11.9 Å². The van der Waals surface area contributed by atoms with E-state index < -0.39 is 0 Å². The summed E-state index contributed by atoms with van der Waals surface area (Å²) in [5, 5.41) is 0. The zero-order valence-electron chi connectivity index (χ0n) is 21.7. The quantitative estimate of drug-likeness (QED) is 0.155. The van der Waals surface area contributed by atoms with E-state index in [2.05, 4.69) is 0 Å². The zero-order chi connectivity index (χ0) is 26.7. The molecular formula is C32H30O6. The smallest absolute Gasteiger partial charge is 0.204 e. The van der Waals surface area contributed by atoms with Gasteiger partial charge in [-0.2, -0.15) is 0 Å². The van der Waals surface area contributed by atoms with Crippen molar-refractivity contribution in [2.45, 2.75) is 13.2 Å². The highest BCUT2D eigenvalue weighted by molar-refractivity contribution is 6.11. The predicted molar refractivity (Wildman–Crippen MR) is 147 cm³/mol. The molecule has 0 fully saturated rings. The highest BCUT2D eigenvalue weighted by atomic mass is 16.5. The van der Waals surface area contributed by atoms with Gasteiger partial charge in [0.1, 0.15) is 30.3 Å². The highest BCUT2D eigenvalue weighted by Gasteiger charge is 2.26. The summed E-state index contributed by atoms with van der Waals surface area (Å²) in [4.78, 5) is 13.6. The summed E-state index contributed by atoms with van der Waals surface area (Å²) < 4.78 is 28.9. The Morgan fingerprint density at radius 2 is 1.26 bits per heavy atom. The molecule has 0 heterocycles. The molecule has 0 bridgehead atoms. The summed E-state index contributed by atoms with van der Waals surface area (Å²) >= 11 is 0. The van der Waals surface area contributed by atoms with Crippen LogP contribution in [0.4, 0.5) is 0 Å². The molecule has 0 N–H and O–H groups in total. The molecule has 4 aromatic rings. The number of hydrogen-bond acceptors (Lipinski definition) is 6. The number of methoxy groups -OCH3 is 3. The Balaban J connectivity index is 1.72. The first-order valence-electron chi connectivity index (χ1n) is 12.1. The van der Waals surface area contributed by atoms with Gasteiger partial charge in [-0.3, -0.25) is 4.79 Å². The number of ether oxygens (including phenoxy) is 5. The van der Waals surface area contributed by atoms with Crippen LogP contribution in [-0.2, 0) is 13.2 Å². The van der Waals surface area contributed by atoms with Crippen molar-refractivity contribution in [1.29, 1.82) is 0 Å². The number of hydrogen-bond donors (Lipinski definition) is 0. The first kappa shape index (κ1) is 26.4. The van der Waals surface area contributed by atoms with Gasteiger partial charge in [0.05, 0.1) is 21.3 Å². The molecule has 0 aliphatic carbocycles. The van der Waals surface area contributed by atoms with Gasteiger partial charge >= 0.3 is 0 Å². The fraction of sp³-hybridized carbons (Fsp3) is 0.156. The molecular weight excluding hydrogens is 480 g/mol. The lowest BCUT2D eigenvalue weighted by molar-refractivity contribution is 0.103. The normalized spacial score (nSPS) is 10.7. The third-order valence-corrected chi connectivity index (χ3v) is 5.84. The van der Waals surface area contributed by atoms with E-state index in [4.69, 9.17) is 23.7 Å². The van der Waals surface area contributed by atoms with Crippen molar-refractivity contribution in [2.75, 3.05) is 21.3 Å². The van der Waals surface area contributed by atoms with Crippen LogP contribution in [0.3, 0.4) is 0 Å². The van der Waals surface area contributed by atoms with E-state index in [-0.39, 0.29) is 30.3 Å². The van der Waals surface area contributed by atoms with Gasteiger partial charge in [0.15, 0.2) is 17.3 Å². The summed E-state index contributed by atoms with van der Waals surface area (Å²) in [6, 6.07) is 28.5. The molecule has 4 rings (SSSR count). The average Bonchev–Trinajstić information content (AvgIpc) is 2.98. The molecule has 0 amide bonds. The third kappa shape index (κ3) is 6.53. The molecule has 6 nitrogen and oxygen atoms in total. The molecule has 0 saturated carbocycles. The van der Waals surface area contributed by atoms with Gasteiger partial charge in [0.2, 0.25) is 5.75 Å². The van der Waals surface area contributed by atoms with Gasteiger partial charge in [0, 0.05) is 6.07 Å². The Hall–Kier alpha value is -4.71. The monoisotopic (exact) mass is 510 g/mol. The molecule has 6 heteroatoms. The van der Waals surface area contributed by atoms with Crippen molar-refractivity contribution in [1.82, 2.24) is 0 Å². The summed E-state index contributed by atoms with van der Waals surface area (Å²) in [5.74, 6) is 1.74. The standard InChI is InChI=1S/C32H30O6/c1-34-26-17-14-23(15-18-26)16-19-27(33)30-28(37-21-24-10-6-4-7-11-24)20-29(35-2)31(32(30)36-3)38-22-25-12-8-5-9-13-25/h4-20H,21-22H2,1-3H3/b19-16+. The van der Waals surface area contributed by atoms with Crippen LogP contribution in [0.25, 0.3) is 6.08 Å². The van der Waals surface area contributed by atoms with Crippen LogP contribution in [0.15, 0.2) is 97.1 Å². The van der Waals surface area contributed by atoms with Crippen LogP contribution < -0.4 is 23.7 Å². The number of benzene rings is 4. The van der Waals surface area contributed by atoms with Crippen LogP contribution in [0.5, 0.6) is 28.7 Å². The molecule has 0 unspecified atom stereocenters. The van der Waals surface area contributed by atoms with Crippen LogP contribution in [0.1, 0.15) is 27.0 Å². The third-order valence-electron chi connectivity index (χ3n) is 5.84. The Labute approximate surface area is 223 Å². The van der Waals surface area contributed by atoms with Crippen molar-refractivity contribution in [3.05, 3.63) is 119 Å². The Kier molecular flexibility index (Phi) is 9.03. The average molecular weight is 511 g/mol. The van der Waals surface area contributed by atoms with Crippen molar-refractivity contribution < 1.29 is 28.5 Å². The minimum atomic E-state index is -0.298. The Morgan fingerprint density at radius 3 is 1.82 bits per heavy atom.